The summed E-state index contributed by atoms with van der Waals surface area (Å²) >= 11 is 3.52. The fourth-order valence-electron chi connectivity index (χ4n) is 4.93. The highest BCUT2D eigenvalue weighted by Crippen LogP contribution is 2.40. The number of nitrogens with zero attached hydrogens (tertiary/aromatic N) is 5. The van der Waals surface area contributed by atoms with Gasteiger partial charge in [-0.15, -0.1) is 0 Å². The number of hydrogen-bond acceptors (Lipinski definition) is 7. The molecule has 3 aromatic heterocycles. The van der Waals surface area contributed by atoms with E-state index in [4.69, 9.17) is 24.1 Å². The molecule has 4 aromatic rings. The molecule has 11 heteroatoms. The Bertz CT molecular complexity index is 1550. The van der Waals surface area contributed by atoms with Gasteiger partial charge >= 0.3 is 0 Å². The van der Waals surface area contributed by atoms with Crippen molar-refractivity contribution < 1.29 is 18.7 Å². The van der Waals surface area contributed by atoms with Crippen LogP contribution >= 0.6 is 15.9 Å². The van der Waals surface area contributed by atoms with Gasteiger partial charge in [0, 0.05) is 22.9 Å². The Morgan fingerprint density at radius 1 is 1.20 bits per heavy atom. The highest BCUT2D eigenvalue weighted by molar-refractivity contribution is 9.10. The smallest absolute Gasteiger partial charge is 0.192 e. The second-order valence-corrected chi connectivity index (χ2v) is 17.7. The van der Waals surface area contributed by atoms with E-state index in [0.717, 1.165) is 57.8 Å². The molecule has 1 aliphatic rings. The average molecular weight is 629 g/mol. The van der Waals surface area contributed by atoms with Crippen LogP contribution in [0.4, 0.5) is 0 Å². The van der Waals surface area contributed by atoms with Crippen LogP contribution in [0.5, 0.6) is 5.75 Å². The molecule has 0 aliphatic carbocycles. The maximum atomic E-state index is 12.2. The standard InChI is InChI=1S/C29H38BrN5O4Si/c1-18(17-39-40(6,7)29(2,3)4)34-28-20(22(16-36)32-34)12-19(13-24(28)37-5)27-21-14-25(30)31-15-23(21)35(33-27)26-10-8-9-11-38-26/h12-16,18,26H,8-11,17H2,1-7H3/t18-,26?/m0/s1. The molecule has 0 radical (unpaired) electrons. The van der Waals surface area contributed by atoms with Crippen LogP contribution in [0.1, 0.15) is 69.7 Å². The second kappa shape index (κ2) is 11.0. The van der Waals surface area contributed by atoms with Gasteiger partial charge in [-0.25, -0.2) is 9.67 Å². The molecule has 1 saturated heterocycles. The van der Waals surface area contributed by atoms with Crippen molar-refractivity contribution in [2.24, 2.45) is 0 Å². The number of carbonyl (C=O) groups is 1. The summed E-state index contributed by atoms with van der Waals surface area (Å²) in [5.74, 6) is 0.622. The topological polar surface area (TPSA) is 93.3 Å². The monoisotopic (exact) mass is 627 g/mol. The molecular weight excluding hydrogens is 590 g/mol. The summed E-state index contributed by atoms with van der Waals surface area (Å²) in [6.45, 7) is 14.4. The van der Waals surface area contributed by atoms with E-state index in [-0.39, 0.29) is 17.3 Å². The van der Waals surface area contributed by atoms with Crippen molar-refractivity contribution in [2.45, 2.75) is 77.4 Å². The third kappa shape index (κ3) is 5.24. The zero-order valence-electron chi connectivity index (χ0n) is 24.3. The van der Waals surface area contributed by atoms with E-state index in [1.165, 1.54) is 0 Å². The predicted molar refractivity (Wildman–Crippen MR) is 163 cm³/mol. The highest BCUT2D eigenvalue weighted by Gasteiger charge is 2.37. The number of rotatable bonds is 8. The summed E-state index contributed by atoms with van der Waals surface area (Å²) in [6.07, 6.45) is 5.51. The maximum absolute atomic E-state index is 12.2. The Hall–Kier alpha value is -2.60. The number of benzene rings is 1. The van der Waals surface area contributed by atoms with E-state index >= 15 is 0 Å². The van der Waals surface area contributed by atoms with E-state index in [0.29, 0.717) is 30.0 Å². The molecule has 0 N–H and O–H groups in total. The van der Waals surface area contributed by atoms with Crippen LogP contribution < -0.4 is 4.74 Å². The molecule has 0 bridgehead atoms. The number of ether oxygens (including phenoxy) is 2. The predicted octanol–water partition coefficient (Wildman–Crippen LogP) is 7.31. The number of carbonyl (C=O) groups excluding carboxylic acids is 1. The number of halogens is 1. The molecule has 214 valence electrons. The number of methoxy groups -OCH3 is 1. The van der Waals surface area contributed by atoms with Gasteiger partial charge in [-0.2, -0.15) is 10.2 Å². The Morgan fingerprint density at radius 3 is 2.62 bits per heavy atom. The van der Waals surface area contributed by atoms with E-state index < -0.39 is 8.32 Å². The van der Waals surface area contributed by atoms with Crippen molar-refractivity contribution in [1.29, 1.82) is 0 Å². The molecule has 0 spiro atoms. The lowest BCUT2D eigenvalue weighted by molar-refractivity contribution is -0.0365. The first-order valence-corrected chi connectivity index (χ1v) is 17.5. The molecule has 4 heterocycles. The minimum Gasteiger partial charge on any atom is -0.494 e. The average Bonchev–Trinajstić information content (AvgIpc) is 3.49. The van der Waals surface area contributed by atoms with Gasteiger partial charge in [0.25, 0.3) is 0 Å². The van der Waals surface area contributed by atoms with Crippen molar-refractivity contribution in [2.75, 3.05) is 20.3 Å². The van der Waals surface area contributed by atoms with Gasteiger partial charge in [0.15, 0.2) is 20.8 Å². The van der Waals surface area contributed by atoms with E-state index in [1.807, 2.05) is 33.8 Å². The molecule has 0 amide bonds. The van der Waals surface area contributed by atoms with Crippen molar-refractivity contribution in [3.8, 4) is 17.0 Å². The van der Waals surface area contributed by atoms with Gasteiger partial charge < -0.3 is 13.9 Å². The molecular formula is C29H38BrN5O4Si. The minimum absolute atomic E-state index is 0.0960. The van der Waals surface area contributed by atoms with Crippen molar-refractivity contribution in [1.82, 2.24) is 24.5 Å². The minimum atomic E-state index is -1.96. The van der Waals surface area contributed by atoms with Crippen molar-refractivity contribution in [3.63, 3.8) is 0 Å². The fourth-order valence-corrected chi connectivity index (χ4v) is 6.36. The van der Waals surface area contributed by atoms with Crippen LogP contribution in [-0.2, 0) is 9.16 Å². The third-order valence-electron chi connectivity index (χ3n) is 8.30. The molecule has 1 fully saturated rings. The largest absolute Gasteiger partial charge is 0.494 e. The number of hydrogen-bond donors (Lipinski definition) is 0. The number of fused-ring (bicyclic) bond motifs is 2. The molecule has 1 aliphatic heterocycles. The number of aldehydes is 1. The second-order valence-electron chi connectivity index (χ2n) is 12.1. The SMILES string of the molecule is COc1cc(-c2nn(C3CCCCO3)c3cnc(Br)cc23)cc2c(C=O)nn([C@@H](C)CO[Si](C)(C)C(C)(C)C)c12. The molecule has 1 aromatic carbocycles. The maximum Gasteiger partial charge on any atom is 0.192 e. The summed E-state index contributed by atoms with van der Waals surface area (Å²) in [6, 6.07) is 5.82. The Kier molecular flexibility index (Phi) is 7.95. The fraction of sp³-hybridized carbons (Fsp3) is 0.517. The summed E-state index contributed by atoms with van der Waals surface area (Å²) in [5.41, 5.74) is 3.62. The molecule has 2 atom stereocenters. The zero-order chi connectivity index (χ0) is 28.8. The zero-order valence-corrected chi connectivity index (χ0v) is 26.9. The van der Waals surface area contributed by atoms with Gasteiger partial charge in [0.1, 0.15) is 27.3 Å². The van der Waals surface area contributed by atoms with E-state index in [1.54, 1.807) is 7.11 Å². The first-order valence-electron chi connectivity index (χ1n) is 13.8. The van der Waals surface area contributed by atoms with Gasteiger partial charge in [0.2, 0.25) is 0 Å². The Morgan fingerprint density at radius 2 is 1.98 bits per heavy atom. The van der Waals surface area contributed by atoms with Crippen molar-refractivity contribution >= 4 is 52.3 Å². The Labute approximate surface area is 244 Å². The van der Waals surface area contributed by atoms with Gasteiger partial charge in [-0.3, -0.25) is 9.48 Å². The van der Waals surface area contributed by atoms with Crippen LogP contribution in [0.25, 0.3) is 33.1 Å². The summed E-state index contributed by atoms with van der Waals surface area (Å²) in [5, 5.41) is 11.5. The van der Waals surface area contributed by atoms with Crippen molar-refractivity contribution in [3.05, 3.63) is 34.7 Å². The normalized spacial score (nSPS) is 17.4. The molecule has 0 saturated carbocycles. The summed E-state index contributed by atoms with van der Waals surface area (Å²) in [4.78, 5) is 16.7. The van der Waals surface area contributed by atoms with Crippen LogP contribution in [0, 0.1) is 0 Å². The molecule has 1 unspecified atom stereocenters. The Balaban J connectivity index is 1.62. The van der Waals surface area contributed by atoms with Gasteiger partial charge in [0.05, 0.1) is 31.5 Å². The molecule has 5 rings (SSSR count). The third-order valence-corrected chi connectivity index (χ3v) is 13.2. The number of aromatic nitrogens is 5. The van der Waals surface area contributed by atoms with Gasteiger partial charge in [-0.1, -0.05) is 20.8 Å². The quantitative estimate of drug-likeness (QED) is 0.115. The van der Waals surface area contributed by atoms with E-state index in [2.05, 4.69) is 61.7 Å². The summed E-state index contributed by atoms with van der Waals surface area (Å²) in [7, 11) is -0.320. The van der Waals surface area contributed by atoms with Crippen LogP contribution in [-0.4, -0.2) is 59.5 Å². The first kappa shape index (κ1) is 28.9. The van der Waals surface area contributed by atoms with Gasteiger partial charge in [-0.05, 0) is 78.4 Å². The molecule has 40 heavy (non-hydrogen) atoms. The highest BCUT2D eigenvalue weighted by atomic mass is 79.9. The van der Waals surface area contributed by atoms with Crippen LogP contribution in [0.2, 0.25) is 18.1 Å². The molecule has 9 nitrogen and oxygen atoms in total. The van der Waals surface area contributed by atoms with Crippen LogP contribution in [0.3, 0.4) is 0 Å². The van der Waals surface area contributed by atoms with Crippen LogP contribution in [0.15, 0.2) is 29.0 Å². The lowest BCUT2D eigenvalue weighted by Gasteiger charge is -2.37. The van der Waals surface area contributed by atoms with E-state index in [9.17, 15) is 4.79 Å². The lowest BCUT2D eigenvalue weighted by Crippen LogP contribution is -2.42. The summed E-state index contributed by atoms with van der Waals surface area (Å²) < 4.78 is 23.0. The number of pyridine rings is 1. The lowest BCUT2D eigenvalue weighted by atomic mass is 10.0. The first-order chi connectivity index (χ1) is 18.9.